The lowest BCUT2D eigenvalue weighted by Gasteiger charge is -2.42. The van der Waals surface area contributed by atoms with Gasteiger partial charge < -0.3 is 9.38 Å². The van der Waals surface area contributed by atoms with Gasteiger partial charge in [0, 0.05) is 44.4 Å². The van der Waals surface area contributed by atoms with Gasteiger partial charge in [0.25, 0.3) is 0 Å². The van der Waals surface area contributed by atoms with Crippen LogP contribution >= 0.6 is 0 Å². The summed E-state index contributed by atoms with van der Waals surface area (Å²) in [6, 6.07) is 42.4. The van der Waals surface area contributed by atoms with Crippen molar-refractivity contribution in [1.82, 2.24) is 4.48 Å². The Hall–Kier alpha value is -5.35. The molecule has 0 fully saturated rings. The molecule has 0 amide bonds. The molecule has 0 saturated carbocycles. The fourth-order valence-electron chi connectivity index (χ4n) is 9.18. The summed E-state index contributed by atoms with van der Waals surface area (Å²) in [6.07, 6.45) is 0. The van der Waals surface area contributed by atoms with E-state index in [1.807, 2.05) is 6.07 Å². The van der Waals surface area contributed by atoms with Crippen LogP contribution in [0.15, 0.2) is 115 Å². The largest absolute Gasteiger partial charge is 0.375 e. The Bertz CT molecular complexity index is 2880. The molecule has 8 aromatic rings. The summed E-state index contributed by atoms with van der Waals surface area (Å²) in [6.45, 7) is 20.9. The van der Waals surface area contributed by atoms with Crippen LogP contribution in [0.1, 0.15) is 79.0 Å². The zero-order valence-corrected chi connectivity index (χ0v) is 32.8. The van der Waals surface area contributed by atoms with Crippen molar-refractivity contribution < 1.29 is 4.39 Å². The Balaban J connectivity index is 1.40. The number of rotatable bonds is 1. The lowest BCUT2D eigenvalue weighted by Crippen LogP contribution is -2.56. The molecular weight excluding hydrogens is 658 g/mol. The molecule has 3 heterocycles. The highest BCUT2D eigenvalue weighted by atomic mass is 19.1. The fraction of sp³-hybridized carbons (Fsp3) is 0.240. The molecule has 0 saturated heterocycles. The summed E-state index contributed by atoms with van der Waals surface area (Å²) < 4.78 is 17.2. The highest BCUT2D eigenvalue weighted by molar-refractivity contribution is 6.90. The Labute approximate surface area is 318 Å². The summed E-state index contributed by atoms with van der Waals surface area (Å²) in [5.41, 5.74) is 15.1. The van der Waals surface area contributed by atoms with Crippen LogP contribution in [0.4, 0.5) is 21.5 Å². The smallest absolute Gasteiger partial charge is 0.333 e. The SMILES string of the molecule is CC(C)(C)c1cc(N2c3cc4cc5ccc(F)cc5cc4cc3B3c4c(cc(C(C)(C)C)cc42)-c2cccc4c5ccccc5n3c24)cc(C(C)(C)C)c1. The van der Waals surface area contributed by atoms with E-state index in [1.165, 1.54) is 77.6 Å². The number of nitrogens with zero attached hydrogens (tertiary/aromatic N) is 2. The molecule has 0 radical (unpaired) electrons. The van der Waals surface area contributed by atoms with Crippen LogP contribution < -0.4 is 15.8 Å². The minimum Gasteiger partial charge on any atom is -0.375 e. The van der Waals surface area contributed by atoms with E-state index < -0.39 is 0 Å². The first-order valence-electron chi connectivity index (χ1n) is 19.4. The Morgan fingerprint density at radius 2 is 1.13 bits per heavy atom. The van der Waals surface area contributed by atoms with Crippen LogP contribution in [-0.2, 0) is 16.2 Å². The molecule has 4 heteroatoms. The van der Waals surface area contributed by atoms with Gasteiger partial charge in [0.2, 0.25) is 0 Å². The second-order valence-electron chi connectivity index (χ2n) is 18.9. The van der Waals surface area contributed by atoms with E-state index in [0.717, 1.165) is 21.5 Å². The van der Waals surface area contributed by atoms with Crippen molar-refractivity contribution in [1.29, 1.82) is 0 Å². The van der Waals surface area contributed by atoms with E-state index in [-0.39, 0.29) is 28.9 Å². The first kappa shape index (κ1) is 33.2. The normalized spacial score (nSPS) is 14.0. The monoisotopic (exact) mass is 704 g/mol. The minimum absolute atomic E-state index is 0.0456. The molecule has 2 nitrogen and oxygen atoms in total. The second-order valence-corrected chi connectivity index (χ2v) is 18.9. The van der Waals surface area contributed by atoms with Gasteiger partial charge in [-0.05, 0) is 126 Å². The molecule has 0 unspecified atom stereocenters. The van der Waals surface area contributed by atoms with E-state index in [2.05, 4.69) is 169 Å². The summed E-state index contributed by atoms with van der Waals surface area (Å²) >= 11 is 0. The molecule has 0 aliphatic carbocycles. The second kappa shape index (κ2) is 10.9. The molecule has 1 aromatic heterocycles. The Morgan fingerprint density at radius 3 is 1.85 bits per heavy atom. The van der Waals surface area contributed by atoms with Crippen LogP contribution in [0.3, 0.4) is 0 Å². The number of para-hydroxylation sites is 2. The number of aromatic nitrogens is 1. The van der Waals surface area contributed by atoms with Gasteiger partial charge in [0.05, 0.1) is 0 Å². The molecule has 7 aromatic carbocycles. The Morgan fingerprint density at radius 1 is 0.500 bits per heavy atom. The third kappa shape index (κ3) is 4.78. The number of anilines is 3. The molecule has 0 N–H and O–H groups in total. The summed E-state index contributed by atoms with van der Waals surface area (Å²) in [5, 5.41) is 6.79. The molecule has 10 rings (SSSR count). The number of halogens is 1. The van der Waals surface area contributed by atoms with Gasteiger partial charge in [-0.2, -0.15) is 0 Å². The zero-order chi connectivity index (χ0) is 37.6. The van der Waals surface area contributed by atoms with Gasteiger partial charge in [0.1, 0.15) is 5.82 Å². The van der Waals surface area contributed by atoms with Crippen molar-refractivity contribution in [2.45, 2.75) is 78.6 Å². The fourth-order valence-corrected chi connectivity index (χ4v) is 9.18. The van der Waals surface area contributed by atoms with Crippen molar-refractivity contribution in [3.8, 4) is 11.1 Å². The highest BCUT2D eigenvalue weighted by Gasteiger charge is 2.44. The predicted molar refractivity (Wildman–Crippen MR) is 231 cm³/mol. The molecule has 0 bridgehead atoms. The maximum Gasteiger partial charge on any atom is 0.333 e. The minimum atomic E-state index is -0.210. The quantitative estimate of drug-likeness (QED) is 0.122. The molecule has 2 aliphatic rings. The standard InChI is InChI=1S/C50H46BFN2/c1-48(2,3)33-24-34(49(4,5)6)26-37(25-33)53-44-23-32-19-29-17-18-36(52)21-30(29)20-31(32)22-42(44)51-46-41(27-35(28-45(46)53)50(7,8)9)40-15-12-14-39-38-13-10-11-16-43(38)54(51)47(39)40/h10-28H,1-9H3. The van der Waals surface area contributed by atoms with Crippen molar-refractivity contribution in [2.24, 2.45) is 0 Å². The van der Waals surface area contributed by atoms with Crippen LogP contribution in [0.25, 0.3) is 54.5 Å². The third-order valence-corrected chi connectivity index (χ3v) is 12.2. The van der Waals surface area contributed by atoms with Gasteiger partial charge in [-0.25, -0.2) is 4.39 Å². The third-order valence-electron chi connectivity index (χ3n) is 12.2. The lowest BCUT2D eigenvalue weighted by molar-refractivity contribution is 0.569. The zero-order valence-electron chi connectivity index (χ0n) is 32.8. The maximum absolute atomic E-state index is 14.6. The van der Waals surface area contributed by atoms with E-state index >= 15 is 0 Å². The van der Waals surface area contributed by atoms with Crippen molar-refractivity contribution in [3.05, 3.63) is 138 Å². The predicted octanol–water partition coefficient (Wildman–Crippen LogP) is 12.6. The average molecular weight is 705 g/mol. The van der Waals surface area contributed by atoms with Crippen LogP contribution in [0, 0.1) is 5.82 Å². The molecule has 0 spiro atoms. The molecule has 0 atom stereocenters. The molecule has 266 valence electrons. The van der Waals surface area contributed by atoms with Gasteiger partial charge >= 0.3 is 6.85 Å². The Kier molecular flexibility index (Phi) is 6.70. The summed E-state index contributed by atoms with van der Waals surface area (Å²) in [7, 11) is 0. The van der Waals surface area contributed by atoms with E-state index in [9.17, 15) is 4.39 Å². The van der Waals surface area contributed by atoms with E-state index in [4.69, 9.17) is 0 Å². The summed E-state index contributed by atoms with van der Waals surface area (Å²) in [4.78, 5) is 2.58. The van der Waals surface area contributed by atoms with E-state index in [1.54, 1.807) is 12.1 Å². The number of hydrogen-bond acceptors (Lipinski definition) is 1. The van der Waals surface area contributed by atoms with Gasteiger partial charge in [-0.3, -0.25) is 0 Å². The first-order chi connectivity index (χ1) is 25.6. The van der Waals surface area contributed by atoms with E-state index in [0.29, 0.717) is 0 Å². The average Bonchev–Trinajstić information content (AvgIpc) is 3.45. The van der Waals surface area contributed by atoms with Gasteiger partial charge in [-0.15, -0.1) is 0 Å². The number of hydrogen-bond donors (Lipinski definition) is 0. The molecule has 54 heavy (non-hydrogen) atoms. The van der Waals surface area contributed by atoms with Gasteiger partial charge in [-0.1, -0.05) is 123 Å². The molecular formula is C50H46BFN2. The van der Waals surface area contributed by atoms with Gasteiger partial charge in [0.15, 0.2) is 0 Å². The highest BCUT2D eigenvalue weighted by Crippen LogP contribution is 2.48. The lowest BCUT2D eigenvalue weighted by atomic mass is 9.44. The summed E-state index contributed by atoms with van der Waals surface area (Å²) in [5.74, 6) is -0.210. The van der Waals surface area contributed by atoms with Crippen molar-refractivity contribution >= 4 is 78.2 Å². The van der Waals surface area contributed by atoms with Crippen molar-refractivity contribution in [2.75, 3.05) is 4.90 Å². The van der Waals surface area contributed by atoms with Crippen LogP contribution in [0.2, 0.25) is 0 Å². The van der Waals surface area contributed by atoms with Crippen LogP contribution in [-0.4, -0.2) is 11.3 Å². The number of benzene rings is 7. The first-order valence-corrected chi connectivity index (χ1v) is 19.4. The van der Waals surface area contributed by atoms with Crippen molar-refractivity contribution in [3.63, 3.8) is 0 Å². The molecule has 2 aliphatic heterocycles. The number of fused-ring (bicyclic) bond motifs is 9. The topological polar surface area (TPSA) is 8.17 Å². The maximum atomic E-state index is 14.6. The van der Waals surface area contributed by atoms with Crippen LogP contribution in [0.5, 0.6) is 0 Å².